The molecule has 0 saturated heterocycles. The van der Waals surface area contributed by atoms with Gasteiger partial charge in [-0.25, -0.2) is 0 Å². The Hall–Kier alpha value is -0.0600. The van der Waals surface area contributed by atoms with Crippen LogP contribution in [0.1, 0.15) is 20.3 Å². The second-order valence-corrected chi connectivity index (χ2v) is 5.32. The van der Waals surface area contributed by atoms with E-state index in [1.165, 1.54) is 0 Å². The fourth-order valence-corrected chi connectivity index (χ4v) is 1.06. The molecule has 4 heteroatoms. The molecule has 0 fully saturated rings. The Bertz CT molecular complexity index is 224. The molecule has 11 heavy (non-hydrogen) atoms. The van der Waals surface area contributed by atoms with Crippen molar-refractivity contribution in [1.29, 1.82) is 10.5 Å². The van der Waals surface area contributed by atoms with Gasteiger partial charge in [0.15, 0.2) is 0 Å². The van der Waals surface area contributed by atoms with E-state index in [0.717, 1.165) is 0 Å². The van der Waals surface area contributed by atoms with Crippen LogP contribution in [0.4, 0.5) is 0 Å². The number of hydrogen-bond donors (Lipinski definition) is 0. The molecule has 0 spiro atoms. The highest BCUT2D eigenvalue weighted by molar-refractivity contribution is 9.13. The van der Waals surface area contributed by atoms with Crippen molar-refractivity contribution in [3.05, 3.63) is 0 Å². The van der Waals surface area contributed by atoms with E-state index in [2.05, 4.69) is 37.9 Å². The number of rotatable bonds is 2. The molecule has 60 valence electrons. The third kappa shape index (κ3) is 1.95. The van der Waals surface area contributed by atoms with Crippen LogP contribution >= 0.6 is 31.9 Å². The Morgan fingerprint density at radius 1 is 1.27 bits per heavy atom. The highest BCUT2D eigenvalue weighted by Gasteiger charge is 2.44. The van der Waals surface area contributed by atoms with Gasteiger partial charge < -0.3 is 0 Å². The normalized spacial score (nSPS) is 20.5. The van der Waals surface area contributed by atoms with E-state index in [1.807, 2.05) is 13.0 Å². The van der Waals surface area contributed by atoms with Gasteiger partial charge in [-0.3, -0.25) is 0 Å². The molecule has 0 N–H and O–H groups in total. The Morgan fingerprint density at radius 2 is 1.73 bits per heavy atom. The molecule has 0 aliphatic rings. The molecule has 0 heterocycles. The van der Waals surface area contributed by atoms with E-state index in [9.17, 15) is 0 Å². The fraction of sp³-hybridized carbons (Fsp3) is 0.714. The summed E-state index contributed by atoms with van der Waals surface area (Å²) in [6, 6.07) is 4.10. The highest BCUT2D eigenvalue weighted by atomic mass is 79.9. The van der Waals surface area contributed by atoms with Crippen molar-refractivity contribution in [3.63, 3.8) is 0 Å². The Kier molecular flexibility index (Phi) is 3.54. The second kappa shape index (κ2) is 3.56. The van der Waals surface area contributed by atoms with E-state index in [1.54, 1.807) is 6.92 Å². The van der Waals surface area contributed by atoms with Crippen molar-refractivity contribution in [3.8, 4) is 12.1 Å². The molecule has 0 radical (unpaired) electrons. The van der Waals surface area contributed by atoms with E-state index >= 15 is 0 Å². The van der Waals surface area contributed by atoms with E-state index in [-0.39, 0.29) is 0 Å². The van der Waals surface area contributed by atoms with Crippen molar-refractivity contribution >= 4 is 31.9 Å². The Labute approximate surface area is 83.4 Å². The lowest BCUT2D eigenvalue weighted by Crippen LogP contribution is -2.39. The number of alkyl halides is 2. The summed E-state index contributed by atoms with van der Waals surface area (Å²) in [5.74, 6) is 0. The van der Waals surface area contributed by atoms with Crippen LogP contribution in [-0.4, -0.2) is 8.65 Å². The quantitative estimate of drug-likeness (QED) is 0.730. The number of hydrogen-bond acceptors (Lipinski definition) is 2. The summed E-state index contributed by atoms with van der Waals surface area (Å²) in [5.41, 5.74) is 0. The lowest BCUT2D eigenvalue weighted by Gasteiger charge is -2.27. The SMILES string of the molecule is CCC(Br)(C#N)C(C)(Br)C#N. The van der Waals surface area contributed by atoms with E-state index in [0.29, 0.717) is 6.42 Å². The van der Waals surface area contributed by atoms with Gasteiger partial charge in [0.25, 0.3) is 0 Å². The third-order valence-electron chi connectivity index (χ3n) is 1.62. The van der Waals surface area contributed by atoms with Crippen LogP contribution in [0.3, 0.4) is 0 Å². The molecule has 0 rings (SSSR count). The predicted molar refractivity (Wildman–Crippen MR) is 50.5 cm³/mol. The molecular weight excluding hydrogens is 272 g/mol. The first-order valence-corrected chi connectivity index (χ1v) is 4.72. The average molecular weight is 280 g/mol. The van der Waals surface area contributed by atoms with Crippen molar-refractivity contribution in [2.45, 2.75) is 28.9 Å². The summed E-state index contributed by atoms with van der Waals surface area (Å²) in [7, 11) is 0. The first-order valence-electron chi connectivity index (χ1n) is 3.14. The number of nitriles is 2. The zero-order chi connectivity index (χ0) is 9.12. The summed E-state index contributed by atoms with van der Waals surface area (Å²) >= 11 is 6.43. The lowest BCUT2D eigenvalue weighted by molar-refractivity contribution is 0.629. The van der Waals surface area contributed by atoms with Crippen LogP contribution in [0.25, 0.3) is 0 Å². The van der Waals surface area contributed by atoms with Gasteiger partial charge in [-0.15, -0.1) is 0 Å². The minimum atomic E-state index is -0.830. The molecule has 2 unspecified atom stereocenters. The van der Waals surface area contributed by atoms with Crippen LogP contribution in [0.5, 0.6) is 0 Å². The topological polar surface area (TPSA) is 47.6 Å². The van der Waals surface area contributed by atoms with Gasteiger partial charge in [0.05, 0.1) is 12.1 Å². The Balaban J connectivity index is 4.85. The highest BCUT2D eigenvalue weighted by Crippen LogP contribution is 2.39. The monoisotopic (exact) mass is 278 g/mol. The number of halogens is 2. The average Bonchev–Trinajstić information content (AvgIpc) is 2.02. The molecule has 0 aromatic heterocycles. The van der Waals surface area contributed by atoms with Crippen molar-refractivity contribution in [1.82, 2.24) is 0 Å². The van der Waals surface area contributed by atoms with Gasteiger partial charge >= 0.3 is 0 Å². The van der Waals surface area contributed by atoms with Crippen molar-refractivity contribution < 1.29 is 0 Å². The van der Waals surface area contributed by atoms with Gasteiger partial charge in [0.1, 0.15) is 8.65 Å². The fourth-order valence-electron chi connectivity index (χ4n) is 0.605. The maximum absolute atomic E-state index is 8.77. The summed E-state index contributed by atoms with van der Waals surface area (Å²) in [4.78, 5) is 0. The molecular formula is C7H8Br2N2. The van der Waals surface area contributed by atoms with Gasteiger partial charge in [0, 0.05) is 0 Å². The summed E-state index contributed by atoms with van der Waals surface area (Å²) in [6.07, 6.45) is 0.582. The number of nitrogens with zero attached hydrogens (tertiary/aromatic N) is 2. The van der Waals surface area contributed by atoms with E-state index < -0.39 is 8.65 Å². The van der Waals surface area contributed by atoms with Crippen molar-refractivity contribution in [2.75, 3.05) is 0 Å². The summed E-state index contributed by atoms with van der Waals surface area (Å²) < 4.78 is -1.63. The van der Waals surface area contributed by atoms with E-state index in [4.69, 9.17) is 10.5 Å². The van der Waals surface area contributed by atoms with Gasteiger partial charge in [0.2, 0.25) is 0 Å². The maximum Gasteiger partial charge on any atom is 0.140 e. The van der Waals surface area contributed by atoms with Gasteiger partial charge in [-0.1, -0.05) is 38.8 Å². The Morgan fingerprint density at radius 3 is 1.82 bits per heavy atom. The first kappa shape index (κ1) is 10.9. The molecule has 0 saturated carbocycles. The van der Waals surface area contributed by atoms with Crippen LogP contribution in [0, 0.1) is 22.7 Å². The second-order valence-electron chi connectivity index (χ2n) is 2.38. The predicted octanol–water partition coefficient (Wildman–Crippen LogP) is 2.73. The summed E-state index contributed by atoms with van der Waals surface area (Å²) in [6.45, 7) is 3.53. The zero-order valence-electron chi connectivity index (χ0n) is 6.36. The molecule has 0 aliphatic heterocycles. The van der Waals surface area contributed by atoms with Crippen LogP contribution in [0.2, 0.25) is 0 Å². The molecule has 2 nitrogen and oxygen atoms in total. The molecule has 0 bridgehead atoms. The smallest absolute Gasteiger partial charge is 0.140 e. The van der Waals surface area contributed by atoms with Crippen LogP contribution < -0.4 is 0 Å². The van der Waals surface area contributed by atoms with Gasteiger partial charge in [-0.05, 0) is 13.3 Å². The molecule has 0 aromatic rings. The van der Waals surface area contributed by atoms with Crippen molar-refractivity contribution in [2.24, 2.45) is 0 Å². The van der Waals surface area contributed by atoms with Crippen LogP contribution in [-0.2, 0) is 0 Å². The zero-order valence-corrected chi connectivity index (χ0v) is 9.53. The molecule has 0 amide bonds. The maximum atomic E-state index is 8.77. The molecule has 0 aromatic carbocycles. The lowest BCUT2D eigenvalue weighted by atomic mass is 9.94. The molecule has 2 atom stereocenters. The summed E-state index contributed by atoms with van der Waals surface area (Å²) in [5, 5.41) is 17.5. The molecule has 0 aliphatic carbocycles. The minimum absolute atomic E-state index is 0.582. The third-order valence-corrected chi connectivity index (χ3v) is 4.54. The largest absolute Gasteiger partial charge is 0.197 e. The standard InChI is InChI=1S/C7H8Br2N2/c1-3-7(9,5-11)6(2,8)4-10/h3H2,1-2H3. The van der Waals surface area contributed by atoms with Crippen LogP contribution in [0.15, 0.2) is 0 Å². The first-order chi connectivity index (χ1) is 4.93. The minimum Gasteiger partial charge on any atom is -0.197 e. The van der Waals surface area contributed by atoms with Gasteiger partial charge in [-0.2, -0.15) is 10.5 Å².